The van der Waals surface area contributed by atoms with Gasteiger partial charge in [0.15, 0.2) is 0 Å². The van der Waals surface area contributed by atoms with Crippen LogP contribution >= 0.6 is 0 Å². The second-order valence-electron chi connectivity index (χ2n) is 7.04. The normalized spacial score (nSPS) is 13.3. The molecule has 26 heavy (non-hydrogen) atoms. The van der Waals surface area contributed by atoms with Gasteiger partial charge in [0.05, 0.1) is 13.5 Å². The van der Waals surface area contributed by atoms with Gasteiger partial charge in [-0.15, -0.1) is 0 Å². The van der Waals surface area contributed by atoms with Crippen LogP contribution in [-0.4, -0.2) is 42.8 Å². The molecule has 0 heterocycles. The van der Waals surface area contributed by atoms with Gasteiger partial charge >= 0.3 is 12.1 Å². The molecule has 0 unspecified atom stereocenters. The minimum atomic E-state index is -0.805. The van der Waals surface area contributed by atoms with Gasteiger partial charge in [0.2, 0.25) is 5.91 Å². The lowest BCUT2D eigenvalue weighted by Crippen LogP contribution is -2.50. The molecule has 1 rings (SSSR count). The third-order valence-electron chi connectivity index (χ3n) is 3.44. The van der Waals surface area contributed by atoms with Crippen molar-refractivity contribution in [3.8, 4) is 0 Å². The van der Waals surface area contributed by atoms with E-state index < -0.39 is 35.7 Å². The highest BCUT2D eigenvalue weighted by Gasteiger charge is 2.24. The number of nitrogens with one attached hydrogen (secondary N) is 2. The summed E-state index contributed by atoms with van der Waals surface area (Å²) in [5.41, 5.74) is 0.329. The first-order chi connectivity index (χ1) is 12.1. The quantitative estimate of drug-likeness (QED) is 0.724. The number of hydrogen-bond donors (Lipinski definition) is 2. The smallest absolute Gasteiger partial charge is 0.408 e. The lowest BCUT2D eigenvalue weighted by molar-refractivity contribution is -0.141. The maximum atomic E-state index is 12.4. The van der Waals surface area contributed by atoms with Gasteiger partial charge in [-0.1, -0.05) is 30.3 Å². The topological polar surface area (TPSA) is 93.7 Å². The van der Waals surface area contributed by atoms with E-state index in [-0.39, 0.29) is 6.42 Å². The predicted molar refractivity (Wildman–Crippen MR) is 97.5 cm³/mol. The molecule has 7 nitrogen and oxygen atoms in total. The molecule has 2 atom stereocenters. The van der Waals surface area contributed by atoms with Crippen LogP contribution in [0.25, 0.3) is 0 Å². The Hall–Kier alpha value is -2.57. The van der Waals surface area contributed by atoms with Crippen molar-refractivity contribution in [3.05, 3.63) is 35.9 Å². The zero-order chi connectivity index (χ0) is 19.7. The Kier molecular flexibility index (Phi) is 8.09. The van der Waals surface area contributed by atoms with Gasteiger partial charge in [-0.25, -0.2) is 4.79 Å². The van der Waals surface area contributed by atoms with E-state index in [0.717, 1.165) is 5.56 Å². The fraction of sp³-hybridized carbons (Fsp3) is 0.526. The fourth-order valence-corrected chi connectivity index (χ4v) is 2.23. The molecule has 7 heteroatoms. The maximum absolute atomic E-state index is 12.4. The number of hydrogen-bond acceptors (Lipinski definition) is 5. The largest absolute Gasteiger partial charge is 0.469 e. The van der Waals surface area contributed by atoms with E-state index in [1.165, 1.54) is 7.11 Å². The Labute approximate surface area is 154 Å². The third-order valence-corrected chi connectivity index (χ3v) is 3.44. The molecule has 0 aliphatic carbocycles. The predicted octanol–water partition coefficient (Wildman–Crippen LogP) is 2.19. The number of carbonyl (C=O) groups excluding carboxylic acids is 3. The van der Waals surface area contributed by atoms with Crippen LogP contribution in [0.2, 0.25) is 0 Å². The van der Waals surface area contributed by atoms with E-state index in [2.05, 4.69) is 10.6 Å². The standard InChI is InChI=1S/C19H28N2O5/c1-13(20-18(24)26-19(2,3)4)17(23)21-15(12-16(22)25-5)11-14-9-7-6-8-10-14/h6-10,13,15H,11-12H2,1-5H3,(H,20,24)(H,21,23)/t13-,15-/m0/s1. The summed E-state index contributed by atoms with van der Waals surface area (Å²) in [6, 6.07) is 8.25. The van der Waals surface area contributed by atoms with Gasteiger partial charge in [0, 0.05) is 6.04 Å². The zero-order valence-electron chi connectivity index (χ0n) is 16.0. The van der Waals surface area contributed by atoms with Crippen LogP contribution in [0.4, 0.5) is 4.79 Å². The van der Waals surface area contributed by atoms with Gasteiger partial charge in [-0.3, -0.25) is 9.59 Å². The summed E-state index contributed by atoms with van der Waals surface area (Å²) in [6.07, 6.45) is -0.162. The van der Waals surface area contributed by atoms with Crippen molar-refractivity contribution < 1.29 is 23.9 Å². The number of amides is 2. The Morgan fingerprint density at radius 3 is 2.23 bits per heavy atom. The molecule has 0 aliphatic heterocycles. The highest BCUT2D eigenvalue weighted by Crippen LogP contribution is 2.08. The average Bonchev–Trinajstić information content (AvgIpc) is 2.53. The van der Waals surface area contributed by atoms with Crippen molar-refractivity contribution in [2.75, 3.05) is 7.11 Å². The third kappa shape index (κ3) is 8.50. The molecule has 0 fully saturated rings. The highest BCUT2D eigenvalue weighted by atomic mass is 16.6. The number of carbonyl (C=O) groups is 3. The van der Waals surface area contributed by atoms with Gasteiger partial charge in [0.25, 0.3) is 0 Å². The second kappa shape index (κ2) is 9.79. The van der Waals surface area contributed by atoms with Crippen LogP contribution in [0.5, 0.6) is 0 Å². The number of ether oxygens (including phenoxy) is 2. The number of alkyl carbamates (subject to hydrolysis) is 1. The van der Waals surface area contributed by atoms with E-state index >= 15 is 0 Å². The molecule has 0 radical (unpaired) electrons. The monoisotopic (exact) mass is 364 g/mol. The molecule has 2 amide bonds. The van der Waals surface area contributed by atoms with Gasteiger partial charge in [0.1, 0.15) is 11.6 Å². The molecule has 0 aliphatic rings. The number of rotatable bonds is 7. The van der Waals surface area contributed by atoms with E-state index in [1.54, 1.807) is 27.7 Å². The fourth-order valence-electron chi connectivity index (χ4n) is 2.23. The van der Waals surface area contributed by atoms with Crippen molar-refractivity contribution in [2.24, 2.45) is 0 Å². The SMILES string of the molecule is COC(=O)C[C@H](Cc1ccccc1)NC(=O)[C@H](C)NC(=O)OC(C)(C)C. The summed E-state index contributed by atoms with van der Waals surface area (Å²) in [6.45, 7) is 6.77. The Morgan fingerprint density at radius 2 is 1.69 bits per heavy atom. The molecule has 0 saturated heterocycles. The number of esters is 1. The van der Waals surface area contributed by atoms with Crippen LogP contribution in [-0.2, 0) is 25.5 Å². The summed E-state index contributed by atoms with van der Waals surface area (Å²) in [5, 5.41) is 5.27. The molecule has 0 saturated carbocycles. The first-order valence-electron chi connectivity index (χ1n) is 8.51. The lowest BCUT2D eigenvalue weighted by Gasteiger charge is -2.23. The van der Waals surface area contributed by atoms with E-state index in [0.29, 0.717) is 6.42 Å². The molecule has 1 aromatic carbocycles. The highest BCUT2D eigenvalue weighted by molar-refractivity contribution is 5.86. The van der Waals surface area contributed by atoms with Crippen LogP contribution in [0, 0.1) is 0 Å². The van der Waals surface area contributed by atoms with Crippen molar-refractivity contribution in [3.63, 3.8) is 0 Å². The minimum absolute atomic E-state index is 0.0380. The molecular weight excluding hydrogens is 336 g/mol. The minimum Gasteiger partial charge on any atom is -0.469 e. The van der Waals surface area contributed by atoms with Crippen molar-refractivity contribution in [1.29, 1.82) is 0 Å². The van der Waals surface area contributed by atoms with Crippen LogP contribution < -0.4 is 10.6 Å². The van der Waals surface area contributed by atoms with Crippen LogP contribution in [0.1, 0.15) is 39.7 Å². The summed E-state index contributed by atoms with van der Waals surface area (Å²) >= 11 is 0. The van der Waals surface area contributed by atoms with Gasteiger partial charge < -0.3 is 20.1 Å². The van der Waals surface area contributed by atoms with E-state index in [9.17, 15) is 14.4 Å². The Balaban J connectivity index is 2.68. The van der Waals surface area contributed by atoms with Crippen molar-refractivity contribution >= 4 is 18.0 Å². The zero-order valence-corrected chi connectivity index (χ0v) is 16.0. The molecule has 0 aromatic heterocycles. The van der Waals surface area contributed by atoms with Crippen LogP contribution in [0.3, 0.4) is 0 Å². The summed E-state index contributed by atoms with van der Waals surface area (Å²) in [4.78, 5) is 35.8. The second-order valence-corrected chi connectivity index (χ2v) is 7.04. The maximum Gasteiger partial charge on any atom is 0.408 e. The number of benzene rings is 1. The van der Waals surface area contributed by atoms with Gasteiger partial charge in [-0.2, -0.15) is 0 Å². The molecule has 144 valence electrons. The number of methoxy groups -OCH3 is 1. The van der Waals surface area contributed by atoms with E-state index in [4.69, 9.17) is 9.47 Å². The molecular formula is C19H28N2O5. The first kappa shape index (κ1) is 21.5. The van der Waals surface area contributed by atoms with Gasteiger partial charge in [-0.05, 0) is 39.7 Å². The molecule has 2 N–H and O–H groups in total. The van der Waals surface area contributed by atoms with Crippen LogP contribution in [0.15, 0.2) is 30.3 Å². The Morgan fingerprint density at radius 1 is 1.08 bits per heavy atom. The molecule has 1 aromatic rings. The average molecular weight is 364 g/mol. The van der Waals surface area contributed by atoms with Crippen molar-refractivity contribution in [2.45, 2.75) is 58.2 Å². The Bertz CT molecular complexity index is 610. The van der Waals surface area contributed by atoms with Crippen molar-refractivity contribution in [1.82, 2.24) is 10.6 Å². The summed E-state index contributed by atoms with van der Waals surface area (Å²) in [7, 11) is 1.30. The summed E-state index contributed by atoms with van der Waals surface area (Å²) < 4.78 is 9.84. The molecule has 0 bridgehead atoms. The lowest BCUT2D eigenvalue weighted by atomic mass is 10.0. The first-order valence-corrected chi connectivity index (χ1v) is 8.51. The molecule has 0 spiro atoms. The summed E-state index contributed by atoms with van der Waals surface area (Å²) in [5.74, 6) is -0.820. The van der Waals surface area contributed by atoms with E-state index in [1.807, 2.05) is 30.3 Å².